The maximum absolute atomic E-state index is 10.3. The van der Waals surface area contributed by atoms with Gasteiger partial charge in [-0.3, -0.25) is 0 Å². The van der Waals surface area contributed by atoms with Crippen molar-refractivity contribution in [2.75, 3.05) is 13.2 Å². The molecule has 3 heteroatoms. The average molecular weight is 336 g/mol. The molecule has 3 nitrogen and oxygen atoms in total. The van der Waals surface area contributed by atoms with Gasteiger partial charge in [0, 0.05) is 0 Å². The van der Waals surface area contributed by atoms with Crippen LogP contribution in [0.15, 0.2) is 18.2 Å². The Kier molecular flexibility index (Phi) is 11.4. The van der Waals surface area contributed by atoms with Crippen molar-refractivity contribution >= 4 is 0 Å². The van der Waals surface area contributed by atoms with Gasteiger partial charge >= 0.3 is 0 Å². The minimum atomic E-state index is -0.459. The van der Waals surface area contributed by atoms with Gasteiger partial charge in [-0.1, -0.05) is 65.4 Å². The van der Waals surface area contributed by atoms with Crippen LogP contribution in [0.1, 0.15) is 83.3 Å². The lowest BCUT2D eigenvalue weighted by molar-refractivity contribution is 0.164. The van der Waals surface area contributed by atoms with Gasteiger partial charge in [0.25, 0.3) is 0 Å². The first kappa shape index (κ1) is 20.8. The number of rotatable bonds is 14. The van der Waals surface area contributed by atoms with E-state index in [0.29, 0.717) is 13.2 Å². The third-order valence-corrected chi connectivity index (χ3v) is 4.09. The molecule has 24 heavy (non-hydrogen) atoms. The molecule has 0 spiro atoms. The zero-order valence-corrected chi connectivity index (χ0v) is 15.6. The Balaban J connectivity index is 2.72. The normalized spacial score (nSPS) is 12.2. The summed E-state index contributed by atoms with van der Waals surface area (Å²) in [4.78, 5) is 0. The van der Waals surface area contributed by atoms with Crippen LogP contribution >= 0.6 is 0 Å². The lowest BCUT2D eigenvalue weighted by Gasteiger charge is -2.16. The second kappa shape index (κ2) is 13.1. The summed E-state index contributed by atoms with van der Waals surface area (Å²) >= 11 is 0. The van der Waals surface area contributed by atoms with E-state index in [1.54, 1.807) is 0 Å². The fourth-order valence-electron chi connectivity index (χ4n) is 2.54. The molecule has 0 heterocycles. The molecule has 0 aromatic heterocycles. The van der Waals surface area contributed by atoms with Crippen molar-refractivity contribution in [2.24, 2.45) is 0 Å². The van der Waals surface area contributed by atoms with Crippen molar-refractivity contribution in [3.8, 4) is 11.5 Å². The number of benzene rings is 1. The zero-order chi connectivity index (χ0) is 17.6. The molecule has 0 saturated carbocycles. The molecular weight excluding hydrogens is 300 g/mol. The van der Waals surface area contributed by atoms with Gasteiger partial charge in [0.1, 0.15) is 0 Å². The first-order valence-electron chi connectivity index (χ1n) is 9.59. The summed E-state index contributed by atoms with van der Waals surface area (Å²) in [6.07, 6.45) is 8.83. The number of hydrogen-bond donors (Lipinski definition) is 1. The number of aliphatic hydroxyl groups is 1. The molecule has 1 rings (SSSR count). The Bertz CT molecular complexity index is 431. The Morgan fingerprint density at radius 3 is 2.12 bits per heavy atom. The predicted molar refractivity (Wildman–Crippen MR) is 101 cm³/mol. The Morgan fingerprint density at radius 1 is 0.917 bits per heavy atom. The molecule has 0 aliphatic heterocycles. The van der Waals surface area contributed by atoms with E-state index in [9.17, 15) is 5.11 Å². The molecule has 0 fully saturated rings. The summed E-state index contributed by atoms with van der Waals surface area (Å²) in [6, 6.07) is 5.82. The molecule has 0 amide bonds. The highest BCUT2D eigenvalue weighted by Gasteiger charge is 2.12. The SMILES string of the molecule is [CH2]CCCC(O)c1ccc(OCCCCC)c(OCCCCC)c1. The monoisotopic (exact) mass is 335 g/mol. The Labute approximate surface area is 148 Å². The molecule has 1 radical (unpaired) electrons. The molecule has 1 atom stereocenters. The first-order valence-corrected chi connectivity index (χ1v) is 9.59. The van der Waals surface area contributed by atoms with Crippen LogP contribution in [0, 0.1) is 6.92 Å². The summed E-state index contributed by atoms with van der Waals surface area (Å²) in [6.45, 7) is 9.60. The summed E-state index contributed by atoms with van der Waals surface area (Å²) in [5, 5.41) is 10.3. The number of hydrogen-bond acceptors (Lipinski definition) is 3. The predicted octanol–water partition coefficient (Wildman–Crippen LogP) is 5.86. The van der Waals surface area contributed by atoms with Crippen molar-refractivity contribution in [3.63, 3.8) is 0 Å². The molecule has 0 saturated heterocycles. The van der Waals surface area contributed by atoms with Gasteiger partial charge in [-0.15, -0.1) is 0 Å². The van der Waals surface area contributed by atoms with Crippen LogP contribution in [0.5, 0.6) is 11.5 Å². The average Bonchev–Trinajstić information content (AvgIpc) is 2.61. The standard InChI is InChI=1S/C21H35O3/c1-4-7-10-15-23-20-14-13-18(19(22)12-9-6-3)17-21(20)24-16-11-8-5-2/h13-14,17,19,22H,3-12,15-16H2,1-2H3. The third kappa shape index (κ3) is 8.05. The van der Waals surface area contributed by atoms with Crippen LogP contribution in [0.25, 0.3) is 0 Å². The minimum absolute atomic E-state index is 0.459. The molecule has 1 unspecified atom stereocenters. The van der Waals surface area contributed by atoms with E-state index in [1.807, 2.05) is 18.2 Å². The Hall–Kier alpha value is -1.22. The lowest BCUT2D eigenvalue weighted by Crippen LogP contribution is -2.05. The quantitative estimate of drug-likeness (QED) is 0.433. The smallest absolute Gasteiger partial charge is 0.161 e. The molecule has 137 valence electrons. The molecule has 0 aliphatic carbocycles. The largest absolute Gasteiger partial charge is 0.490 e. The number of aliphatic hydroxyl groups excluding tert-OH is 1. The van der Waals surface area contributed by atoms with Crippen LogP contribution < -0.4 is 9.47 Å². The van der Waals surface area contributed by atoms with E-state index in [4.69, 9.17) is 9.47 Å². The number of ether oxygens (including phenoxy) is 2. The van der Waals surface area contributed by atoms with Crippen LogP contribution in [0.3, 0.4) is 0 Å². The van der Waals surface area contributed by atoms with Gasteiger partial charge in [0.2, 0.25) is 0 Å². The molecule has 1 aromatic carbocycles. The van der Waals surface area contributed by atoms with Gasteiger partial charge in [-0.25, -0.2) is 0 Å². The second-order valence-electron chi connectivity index (χ2n) is 6.33. The fourth-order valence-corrected chi connectivity index (χ4v) is 2.54. The Morgan fingerprint density at radius 2 is 1.54 bits per heavy atom. The summed E-state index contributed by atoms with van der Waals surface area (Å²) in [5.74, 6) is 1.55. The van der Waals surface area contributed by atoms with Crippen molar-refractivity contribution in [1.29, 1.82) is 0 Å². The van der Waals surface area contributed by atoms with Gasteiger partial charge in [0.15, 0.2) is 11.5 Å². The van der Waals surface area contributed by atoms with E-state index in [2.05, 4.69) is 20.8 Å². The first-order chi connectivity index (χ1) is 11.7. The van der Waals surface area contributed by atoms with Crippen molar-refractivity contribution in [1.82, 2.24) is 0 Å². The van der Waals surface area contributed by atoms with Crippen LogP contribution in [-0.4, -0.2) is 18.3 Å². The minimum Gasteiger partial charge on any atom is -0.490 e. The topological polar surface area (TPSA) is 38.7 Å². The van der Waals surface area contributed by atoms with Crippen LogP contribution in [0.4, 0.5) is 0 Å². The highest BCUT2D eigenvalue weighted by atomic mass is 16.5. The molecule has 0 bridgehead atoms. The van der Waals surface area contributed by atoms with E-state index >= 15 is 0 Å². The fraction of sp³-hybridized carbons (Fsp3) is 0.667. The van der Waals surface area contributed by atoms with E-state index in [1.165, 1.54) is 25.7 Å². The van der Waals surface area contributed by atoms with E-state index in [-0.39, 0.29) is 0 Å². The zero-order valence-electron chi connectivity index (χ0n) is 15.6. The highest BCUT2D eigenvalue weighted by Crippen LogP contribution is 2.32. The summed E-state index contributed by atoms with van der Waals surface area (Å²) < 4.78 is 11.8. The summed E-state index contributed by atoms with van der Waals surface area (Å²) in [7, 11) is 0. The van der Waals surface area contributed by atoms with Crippen LogP contribution in [-0.2, 0) is 0 Å². The maximum Gasteiger partial charge on any atom is 0.161 e. The second-order valence-corrected chi connectivity index (χ2v) is 6.33. The summed E-state index contributed by atoms with van der Waals surface area (Å²) in [5.41, 5.74) is 0.898. The van der Waals surface area contributed by atoms with Crippen molar-refractivity contribution < 1.29 is 14.6 Å². The molecular formula is C21H35O3. The van der Waals surface area contributed by atoms with Gasteiger partial charge in [-0.2, -0.15) is 0 Å². The number of unbranched alkanes of at least 4 members (excludes halogenated alkanes) is 5. The lowest BCUT2D eigenvalue weighted by atomic mass is 10.0. The molecule has 1 aromatic rings. The van der Waals surface area contributed by atoms with E-state index < -0.39 is 6.10 Å². The maximum atomic E-state index is 10.3. The molecule has 1 N–H and O–H groups in total. The van der Waals surface area contributed by atoms with Crippen LogP contribution in [0.2, 0.25) is 0 Å². The highest BCUT2D eigenvalue weighted by molar-refractivity contribution is 5.43. The van der Waals surface area contributed by atoms with E-state index in [0.717, 1.165) is 49.2 Å². The van der Waals surface area contributed by atoms with Gasteiger partial charge in [0.05, 0.1) is 19.3 Å². The van der Waals surface area contributed by atoms with Crippen molar-refractivity contribution in [3.05, 3.63) is 30.7 Å². The molecule has 0 aliphatic rings. The van der Waals surface area contributed by atoms with Crippen molar-refractivity contribution in [2.45, 2.75) is 77.7 Å². The van der Waals surface area contributed by atoms with Gasteiger partial charge < -0.3 is 14.6 Å². The third-order valence-electron chi connectivity index (χ3n) is 4.09. The van der Waals surface area contributed by atoms with Gasteiger partial charge in [-0.05, 0) is 37.0 Å².